The Labute approximate surface area is 153 Å². The van der Waals surface area contributed by atoms with Crippen molar-refractivity contribution in [2.75, 3.05) is 33.4 Å². The van der Waals surface area contributed by atoms with Crippen molar-refractivity contribution in [3.8, 4) is 11.5 Å². The Kier molecular flexibility index (Phi) is 8.45. The van der Waals surface area contributed by atoms with Crippen LogP contribution in [0.3, 0.4) is 0 Å². The van der Waals surface area contributed by atoms with Crippen molar-refractivity contribution < 1.29 is 24.1 Å². The molecule has 0 heterocycles. The third kappa shape index (κ3) is 7.55. The SMILES string of the molecule is COC(=O)COc1ccc(CCNCC(O)COc2ccccc2)cc1. The van der Waals surface area contributed by atoms with E-state index in [0.29, 0.717) is 12.3 Å². The van der Waals surface area contributed by atoms with Gasteiger partial charge in [0, 0.05) is 6.54 Å². The Morgan fingerprint density at radius 1 is 1.04 bits per heavy atom. The minimum Gasteiger partial charge on any atom is -0.491 e. The van der Waals surface area contributed by atoms with Crippen molar-refractivity contribution >= 4 is 5.97 Å². The summed E-state index contributed by atoms with van der Waals surface area (Å²) in [6.07, 6.45) is 0.258. The van der Waals surface area contributed by atoms with E-state index in [4.69, 9.17) is 9.47 Å². The van der Waals surface area contributed by atoms with Gasteiger partial charge in [0.1, 0.15) is 24.2 Å². The van der Waals surface area contributed by atoms with Crippen LogP contribution in [0.1, 0.15) is 5.56 Å². The van der Waals surface area contributed by atoms with E-state index in [-0.39, 0.29) is 13.2 Å². The van der Waals surface area contributed by atoms with Crippen LogP contribution in [-0.4, -0.2) is 50.6 Å². The lowest BCUT2D eigenvalue weighted by Crippen LogP contribution is -2.32. The summed E-state index contributed by atoms with van der Waals surface area (Å²) in [6, 6.07) is 17.0. The predicted octanol–water partition coefficient (Wildman–Crippen LogP) is 1.81. The van der Waals surface area contributed by atoms with Gasteiger partial charge in [-0.05, 0) is 42.8 Å². The van der Waals surface area contributed by atoms with Crippen molar-refractivity contribution in [1.29, 1.82) is 0 Å². The van der Waals surface area contributed by atoms with Gasteiger partial charge in [0.15, 0.2) is 6.61 Å². The quantitative estimate of drug-likeness (QED) is 0.471. The molecule has 0 aliphatic heterocycles. The number of methoxy groups -OCH3 is 1. The van der Waals surface area contributed by atoms with Gasteiger partial charge < -0.3 is 24.6 Å². The molecule has 0 radical (unpaired) electrons. The molecule has 0 aliphatic rings. The fraction of sp³-hybridized carbons (Fsp3) is 0.350. The second kappa shape index (κ2) is 11.1. The molecule has 2 aromatic carbocycles. The summed E-state index contributed by atoms with van der Waals surface area (Å²) in [7, 11) is 1.33. The standard InChI is InChI=1S/C20H25NO5/c1-24-20(23)15-26-19-9-7-16(8-10-19)11-12-21-13-17(22)14-25-18-5-3-2-4-6-18/h2-10,17,21-22H,11-15H2,1H3. The summed E-state index contributed by atoms with van der Waals surface area (Å²) in [6.45, 7) is 1.36. The first-order chi connectivity index (χ1) is 12.7. The third-order valence-corrected chi connectivity index (χ3v) is 3.66. The molecule has 2 N–H and O–H groups in total. The van der Waals surface area contributed by atoms with Crippen LogP contribution in [0, 0.1) is 0 Å². The zero-order chi connectivity index (χ0) is 18.6. The second-order valence-electron chi connectivity index (χ2n) is 5.74. The molecular formula is C20H25NO5. The fourth-order valence-corrected chi connectivity index (χ4v) is 2.22. The van der Waals surface area contributed by atoms with E-state index in [1.165, 1.54) is 7.11 Å². The maximum Gasteiger partial charge on any atom is 0.343 e. The monoisotopic (exact) mass is 359 g/mol. The fourth-order valence-electron chi connectivity index (χ4n) is 2.22. The molecule has 0 saturated carbocycles. The highest BCUT2D eigenvalue weighted by Gasteiger charge is 2.05. The van der Waals surface area contributed by atoms with E-state index in [2.05, 4.69) is 10.1 Å². The van der Waals surface area contributed by atoms with Crippen LogP contribution in [-0.2, 0) is 16.0 Å². The lowest BCUT2D eigenvalue weighted by molar-refractivity contribution is -0.142. The minimum absolute atomic E-state index is 0.0969. The van der Waals surface area contributed by atoms with E-state index in [0.717, 1.165) is 24.3 Å². The van der Waals surface area contributed by atoms with Gasteiger partial charge in [-0.25, -0.2) is 4.79 Å². The number of aliphatic hydroxyl groups is 1. The van der Waals surface area contributed by atoms with Gasteiger partial charge in [-0.3, -0.25) is 0 Å². The first kappa shape index (κ1) is 19.8. The molecule has 0 aromatic heterocycles. The number of ether oxygens (including phenoxy) is 3. The lowest BCUT2D eigenvalue weighted by atomic mass is 10.1. The Balaban J connectivity index is 1.59. The average molecular weight is 359 g/mol. The van der Waals surface area contributed by atoms with Crippen molar-refractivity contribution in [3.63, 3.8) is 0 Å². The largest absolute Gasteiger partial charge is 0.491 e. The van der Waals surface area contributed by atoms with Crippen molar-refractivity contribution in [2.45, 2.75) is 12.5 Å². The molecule has 1 unspecified atom stereocenters. The number of para-hydroxylation sites is 1. The molecule has 6 nitrogen and oxygen atoms in total. The van der Waals surface area contributed by atoms with Crippen LogP contribution in [0.25, 0.3) is 0 Å². The van der Waals surface area contributed by atoms with Crippen LogP contribution in [0.2, 0.25) is 0 Å². The molecular weight excluding hydrogens is 334 g/mol. The van der Waals surface area contributed by atoms with Crippen LogP contribution in [0.5, 0.6) is 11.5 Å². The molecule has 6 heteroatoms. The Bertz CT molecular complexity index is 645. The Morgan fingerprint density at radius 3 is 2.42 bits per heavy atom. The molecule has 0 amide bonds. The number of nitrogens with one attached hydrogen (secondary N) is 1. The third-order valence-electron chi connectivity index (χ3n) is 3.66. The molecule has 0 bridgehead atoms. The molecule has 1 atom stereocenters. The molecule has 0 fully saturated rings. The summed E-state index contributed by atoms with van der Waals surface area (Å²) in [5, 5.41) is 13.1. The van der Waals surface area contributed by atoms with Crippen molar-refractivity contribution in [2.24, 2.45) is 0 Å². The molecule has 0 aliphatic carbocycles. The molecule has 2 rings (SSSR count). The second-order valence-corrected chi connectivity index (χ2v) is 5.74. The van der Waals surface area contributed by atoms with Gasteiger partial charge in [0.05, 0.1) is 7.11 Å². The highest BCUT2D eigenvalue weighted by Crippen LogP contribution is 2.12. The summed E-state index contributed by atoms with van der Waals surface area (Å²) in [4.78, 5) is 11.0. The highest BCUT2D eigenvalue weighted by atomic mass is 16.6. The van der Waals surface area contributed by atoms with Crippen molar-refractivity contribution in [1.82, 2.24) is 5.32 Å². The van der Waals surface area contributed by atoms with Gasteiger partial charge in [0.25, 0.3) is 0 Å². The number of carbonyl (C=O) groups excluding carboxylic acids is 1. The summed E-state index contributed by atoms with van der Waals surface area (Å²) in [5.41, 5.74) is 1.14. The summed E-state index contributed by atoms with van der Waals surface area (Å²) in [5.74, 6) is 0.967. The zero-order valence-corrected chi connectivity index (χ0v) is 14.9. The maximum absolute atomic E-state index is 11.0. The van der Waals surface area contributed by atoms with Gasteiger partial charge in [-0.15, -0.1) is 0 Å². The number of hydrogen-bond acceptors (Lipinski definition) is 6. The molecule has 0 spiro atoms. The number of hydrogen-bond donors (Lipinski definition) is 2. The Morgan fingerprint density at radius 2 is 1.73 bits per heavy atom. The van der Waals surface area contributed by atoms with E-state index in [1.54, 1.807) is 0 Å². The van der Waals surface area contributed by atoms with E-state index >= 15 is 0 Å². The summed E-state index contributed by atoms with van der Waals surface area (Å²) < 4.78 is 15.3. The van der Waals surface area contributed by atoms with Crippen LogP contribution in [0.4, 0.5) is 0 Å². The first-order valence-electron chi connectivity index (χ1n) is 8.52. The van der Waals surface area contributed by atoms with Crippen LogP contribution < -0.4 is 14.8 Å². The normalized spacial score (nSPS) is 11.6. The summed E-state index contributed by atoms with van der Waals surface area (Å²) >= 11 is 0. The smallest absolute Gasteiger partial charge is 0.343 e. The first-order valence-corrected chi connectivity index (χ1v) is 8.52. The maximum atomic E-state index is 11.0. The number of rotatable bonds is 11. The molecule has 0 saturated heterocycles. The highest BCUT2D eigenvalue weighted by molar-refractivity contribution is 5.70. The van der Waals surface area contributed by atoms with Gasteiger partial charge >= 0.3 is 5.97 Å². The van der Waals surface area contributed by atoms with Crippen LogP contribution in [0.15, 0.2) is 54.6 Å². The molecule has 2 aromatic rings. The van der Waals surface area contributed by atoms with Gasteiger partial charge in [-0.1, -0.05) is 30.3 Å². The molecule has 26 heavy (non-hydrogen) atoms. The van der Waals surface area contributed by atoms with E-state index < -0.39 is 12.1 Å². The zero-order valence-electron chi connectivity index (χ0n) is 14.9. The van der Waals surface area contributed by atoms with Crippen LogP contribution >= 0.6 is 0 Å². The van der Waals surface area contributed by atoms with E-state index in [9.17, 15) is 9.90 Å². The van der Waals surface area contributed by atoms with Gasteiger partial charge in [0.2, 0.25) is 0 Å². The number of benzene rings is 2. The number of carbonyl (C=O) groups is 1. The average Bonchev–Trinajstić information content (AvgIpc) is 2.69. The van der Waals surface area contributed by atoms with E-state index in [1.807, 2.05) is 54.6 Å². The predicted molar refractivity (Wildman–Crippen MR) is 98.5 cm³/mol. The lowest BCUT2D eigenvalue weighted by Gasteiger charge is -2.13. The topological polar surface area (TPSA) is 77.0 Å². The molecule has 140 valence electrons. The van der Waals surface area contributed by atoms with Gasteiger partial charge in [-0.2, -0.15) is 0 Å². The van der Waals surface area contributed by atoms with Crippen molar-refractivity contribution in [3.05, 3.63) is 60.2 Å². The number of esters is 1. The number of aliphatic hydroxyl groups excluding tert-OH is 1. The Hall–Kier alpha value is -2.57. The minimum atomic E-state index is -0.565.